The number of aromatic nitrogens is 1. The summed E-state index contributed by atoms with van der Waals surface area (Å²) in [4.78, 5) is 32.2. The van der Waals surface area contributed by atoms with E-state index in [4.69, 9.17) is 9.16 Å². The lowest BCUT2D eigenvalue weighted by Gasteiger charge is -2.44. The van der Waals surface area contributed by atoms with Gasteiger partial charge < -0.3 is 14.3 Å². The summed E-state index contributed by atoms with van der Waals surface area (Å²) in [6.07, 6.45) is 5.44. The molecule has 1 aliphatic heterocycles. The minimum absolute atomic E-state index is 0.0188. The van der Waals surface area contributed by atoms with E-state index in [0.29, 0.717) is 6.42 Å². The molecule has 1 aromatic heterocycles. The molecule has 1 N–H and O–H groups in total. The number of aliphatic hydroxyl groups excluding tert-OH is 1. The Labute approximate surface area is 254 Å². The first-order valence-corrected chi connectivity index (χ1v) is 18.9. The Morgan fingerprint density at radius 2 is 1.85 bits per heavy atom. The van der Waals surface area contributed by atoms with Crippen molar-refractivity contribution >= 4 is 37.5 Å². The van der Waals surface area contributed by atoms with Gasteiger partial charge in [0.25, 0.3) is 0 Å². The number of esters is 1. The molecule has 41 heavy (non-hydrogen) atoms. The summed E-state index contributed by atoms with van der Waals surface area (Å²) in [5.41, 5.74) is 2.01. The predicted molar refractivity (Wildman–Crippen MR) is 172 cm³/mol. The summed E-state index contributed by atoms with van der Waals surface area (Å²) in [6, 6.07) is 0. The second kappa shape index (κ2) is 14.2. The van der Waals surface area contributed by atoms with E-state index in [9.17, 15) is 14.7 Å². The Kier molecular flexibility index (Phi) is 12.4. The fourth-order valence-corrected chi connectivity index (χ4v) is 7.12. The highest BCUT2D eigenvalue weighted by molar-refractivity contribution is 7.09. The first-order chi connectivity index (χ1) is 18.8. The van der Waals surface area contributed by atoms with Crippen molar-refractivity contribution in [3.05, 3.63) is 33.3 Å². The van der Waals surface area contributed by atoms with Crippen molar-refractivity contribution in [2.75, 3.05) is 0 Å². The van der Waals surface area contributed by atoms with Gasteiger partial charge in [0.15, 0.2) is 8.32 Å². The zero-order valence-corrected chi connectivity index (χ0v) is 29.4. The lowest BCUT2D eigenvalue weighted by atomic mass is 9.73. The lowest BCUT2D eigenvalue weighted by molar-refractivity contribution is -0.153. The lowest BCUT2D eigenvalue weighted by Crippen LogP contribution is -2.52. The van der Waals surface area contributed by atoms with Gasteiger partial charge in [-0.15, -0.1) is 11.3 Å². The number of nitrogens with zero attached hydrogens (tertiary/aromatic N) is 1. The molecular formula is C33H55NO5SSi. The molecule has 2 rings (SSSR count). The largest absolute Gasteiger partial charge is 0.457 e. The van der Waals surface area contributed by atoms with Gasteiger partial charge in [-0.1, -0.05) is 60.1 Å². The third-order valence-electron chi connectivity index (χ3n) is 9.25. The minimum atomic E-state index is -2.36. The molecule has 0 radical (unpaired) electrons. The van der Waals surface area contributed by atoms with Crippen LogP contribution in [0.25, 0.3) is 6.08 Å². The van der Waals surface area contributed by atoms with Crippen LogP contribution in [0, 0.1) is 24.2 Å². The molecule has 0 saturated heterocycles. The number of Topliss-reactive ketones (excluding diaryl/α,β-unsaturated/α-hetero) is 1. The molecule has 1 aliphatic rings. The van der Waals surface area contributed by atoms with Crippen molar-refractivity contribution in [1.82, 2.24) is 4.98 Å². The standard InChI is InChI=1S/C33H55NO5SSi/c1-21-14-13-15-22(2)30(36)24(4)31(37)33(9,10)28(39-41(11,12)32(6,7)8)19-29(35)38-27(17-16-21)23(3)18-26-20-40-25(5)34-26/h16,18,20,22,24,27-28,30,36H,13-15,17,19H2,1-12H3/b21-16-,23-18+/t22-,24-,27?,28+,30+/m1/s1. The average molecular weight is 606 g/mol. The molecule has 0 aromatic carbocycles. The first-order valence-electron chi connectivity index (χ1n) is 15.1. The van der Waals surface area contributed by atoms with Gasteiger partial charge in [-0.3, -0.25) is 9.59 Å². The third-order valence-corrected chi connectivity index (χ3v) is 14.5. The molecule has 0 amide bonds. The molecule has 1 unspecified atom stereocenters. The number of hydrogen-bond donors (Lipinski definition) is 1. The van der Waals surface area contributed by atoms with Gasteiger partial charge in [0, 0.05) is 23.1 Å². The fourth-order valence-electron chi connectivity index (χ4n) is 5.11. The molecule has 0 fully saturated rings. The molecule has 232 valence electrons. The first kappa shape index (κ1) is 35.6. The zero-order chi connectivity index (χ0) is 31.3. The normalized spacial score (nSPS) is 29.5. The Morgan fingerprint density at radius 3 is 2.41 bits per heavy atom. The van der Waals surface area contributed by atoms with Crippen molar-refractivity contribution in [3.8, 4) is 0 Å². The maximum Gasteiger partial charge on any atom is 0.309 e. The van der Waals surface area contributed by atoms with E-state index in [2.05, 4.69) is 51.8 Å². The topological polar surface area (TPSA) is 85.7 Å². The Hall–Kier alpha value is -1.61. The van der Waals surface area contributed by atoms with Crippen LogP contribution in [0.5, 0.6) is 0 Å². The van der Waals surface area contributed by atoms with Gasteiger partial charge in [-0.2, -0.15) is 0 Å². The van der Waals surface area contributed by atoms with Gasteiger partial charge in [0.2, 0.25) is 0 Å². The van der Waals surface area contributed by atoms with E-state index in [-0.39, 0.29) is 29.1 Å². The molecule has 8 heteroatoms. The van der Waals surface area contributed by atoms with Crippen LogP contribution in [0.1, 0.15) is 105 Å². The number of hydrogen-bond acceptors (Lipinski definition) is 7. The molecule has 2 heterocycles. The molecule has 5 atom stereocenters. The van der Waals surface area contributed by atoms with Crippen molar-refractivity contribution in [2.45, 2.75) is 138 Å². The van der Waals surface area contributed by atoms with Crippen LogP contribution in [0.2, 0.25) is 18.1 Å². The van der Waals surface area contributed by atoms with Gasteiger partial charge in [0.05, 0.1) is 29.3 Å². The molecule has 0 spiro atoms. The van der Waals surface area contributed by atoms with Crippen LogP contribution in [-0.4, -0.2) is 48.5 Å². The summed E-state index contributed by atoms with van der Waals surface area (Å²) >= 11 is 1.59. The van der Waals surface area contributed by atoms with E-state index >= 15 is 0 Å². The number of thiazole rings is 1. The van der Waals surface area contributed by atoms with Crippen LogP contribution in [-0.2, 0) is 18.8 Å². The second-order valence-corrected chi connectivity index (χ2v) is 20.1. The number of carbonyl (C=O) groups is 2. The van der Waals surface area contributed by atoms with E-state index in [1.54, 1.807) is 11.3 Å². The quantitative estimate of drug-likeness (QED) is 0.211. The summed E-state index contributed by atoms with van der Waals surface area (Å²) in [7, 11) is -2.36. The van der Waals surface area contributed by atoms with Crippen LogP contribution >= 0.6 is 11.3 Å². The van der Waals surface area contributed by atoms with E-state index < -0.39 is 38.0 Å². The van der Waals surface area contributed by atoms with E-state index in [1.165, 1.54) is 5.57 Å². The average Bonchev–Trinajstić information content (AvgIpc) is 3.27. The molecule has 0 bridgehead atoms. The van der Waals surface area contributed by atoms with Crippen molar-refractivity contribution in [1.29, 1.82) is 0 Å². The maximum absolute atomic E-state index is 14.0. The monoisotopic (exact) mass is 605 g/mol. The highest BCUT2D eigenvalue weighted by Crippen LogP contribution is 2.42. The Balaban J connectivity index is 2.53. The number of aliphatic hydroxyl groups is 1. The van der Waals surface area contributed by atoms with Crippen LogP contribution < -0.4 is 0 Å². The molecular weight excluding hydrogens is 551 g/mol. The number of rotatable bonds is 4. The SMILES string of the molecule is C/C1=C/CC(/C(C)=C/c2csc(C)n2)OC(=O)C[C@H](O[Si](C)(C)C(C)(C)C)C(C)(C)C(=O)[C@H](C)[C@@H](O)[C@H](C)CCC1. The predicted octanol–water partition coefficient (Wildman–Crippen LogP) is 8.30. The fraction of sp³-hybridized carbons (Fsp3) is 0.727. The summed E-state index contributed by atoms with van der Waals surface area (Å²) in [6.45, 7) is 24.3. The summed E-state index contributed by atoms with van der Waals surface area (Å²) < 4.78 is 13.0. The van der Waals surface area contributed by atoms with Crippen LogP contribution in [0.3, 0.4) is 0 Å². The zero-order valence-electron chi connectivity index (χ0n) is 27.6. The van der Waals surface area contributed by atoms with E-state index in [1.807, 2.05) is 53.0 Å². The number of carbonyl (C=O) groups excluding carboxylic acids is 2. The number of ether oxygens (including phenoxy) is 1. The van der Waals surface area contributed by atoms with Gasteiger partial charge >= 0.3 is 5.97 Å². The highest BCUT2D eigenvalue weighted by atomic mass is 32.1. The van der Waals surface area contributed by atoms with Gasteiger partial charge in [-0.05, 0) is 75.7 Å². The van der Waals surface area contributed by atoms with Crippen LogP contribution in [0.15, 0.2) is 22.6 Å². The number of aryl methyl sites for hydroxylation is 1. The highest BCUT2D eigenvalue weighted by Gasteiger charge is 2.48. The second-order valence-electron chi connectivity index (χ2n) is 14.3. The van der Waals surface area contributed by atoms with Gasteiger partial charge in [-0.25, -0.2) is 4.98 Å². The van der Waals surface area contributed by atoms with Crippen molar-refractivity contribution < 1.29 is 23.9 Å². The van der Waals surface area contributed by atoms with Gasteiger partial charge in [0.1, 0.15) is 11.9 Å². The van der Waals surface area contributed by atoms with Crippen LogP contribution in [0.4, 0.5) is 0 Å². The molecule has 0 saturated carbocycles. The summed E-state index contributed by atoms with van der Waals surface area (Å²) in [5.74, 6) is -1.06. The summed E-state index contributed by atoms with van der Waals surface area (Å²) in [5, 5.41) is 14.1. The molecule has 1 aromatic rings. The van der Waals surface area contributed by atoms with Crippen molar-refractivity contribution in [3.63, 3.8) is 0 Å². The number of cyclic esters (lactones) is 1. The molecule has 0 aliphatic carbocycles. The van der Waals surface area contributed by atoms with E-state index in [0.717, 1.165) is 35.5 Å². The van der Waals surface area contributed by atoms with Crippen molar-refractivity contribution in [2.24, 2.45) is 17.3 Å². The smallest absolute Gasteiger partial charge is 0.309 e. The molecule has 6 nitrogen and oxygen atoms in total. The minimum Gasteiger partial charge on any atom is -0.457 e. The maximum atomic E-state index is 14.0. The Bertz CT molecular complexity index is 1110. The number of allylic oxidation sites excluding steroid dienone is 1. The number of ketones is 1. The third kappa shape index (κ3) is 9.70. The Morgan fingerprint density at radius 1 is 1.22 bits per heavy atom.